The molecule has 0 aliphatic heterocycles. The van der Waals surface area contributed by atoms with Crippen LogP contribution < -0.4 is 15.2 Å². The van der Waals surface area contributed by atoms with Crippen LogP contribution in [0.1, 0.15) is 11.1 Å². The molecule has 0 aliphatic rings. The van der Waals surface area contributed by atoms with Crippen LogP contribution in [0.25, 0.3) is 0 Å². The van der Waals surface area contributed by atoms with Crippen molar-refractivity contribution in [2.45, 2.75) is 13.2 Å². The Balaban J connectivity index is 2.20. The molecule has 6 nitrogen and oxygen atoms in total. The van der Waals surface area contributed by atoms with E-state index in [2.05, 4.69) is 0 Å². The Kier molecular flexibility index (Phi) is 4.73. The Morgan fingerprint density at radius 1 is 1.24 bits per heavy atom. The number of rotatable bonds is 6. The third kappa shape index (κ3) is 3.49. The number of nitrogens with two attached hydrogens (primary N) is 1. The van der Waals surface area contributed by atoms with Crippen LogP contribution in [0.2, 0.25) is 0 Å². The van der Waals surface area contributed by atoms with E-state index in [0.29, 0.717) is 23.6 Å². The van der Waals surface area contributed by atoms with Gasteiger partial charge >= 0.3 is 0 Å². The fourth-order valence-electron chi connectivity index (χ4n) is 1.96. The van der Waals surface area contributed by atoms with E-state index < -0.39 is 4.92 Å². The zero-order valence-corrected chi connectivity index (χ0v) is 11.6. The quantitative estimate of drug-likeness (QED) is 0.652. The molecule has 2 rings (SSSR count). The molecule has 0 unspecified atom stereocenters. The van der Waals surface area contributed by atoms with Gasteiger partial charge in [0.2, 0.25) is 0 Å². The molecule has 0 aliphatic carbocycles. The Labute approximate surface area is 122 Å². The lowest BCUT2D eigenvalue weighted by molar-refractivity contribution is -0.384. The van der Waals surface area contributed by atoms with E-state index >= 15 is 0 Å². The summed E-state index contributed by atoms with van der Waals surface area (Å²) in [7, 11) is 1.55. The van der Waals surface area contributed by atoms with Gasteiger partial charge in [-0.05, 0) is 11.6 Å². The first-order valence-electron chi connectivity index (χ1n) is 6.37. The third-order valence-electron chi connectivity index (χ3n) is 3.00. The summed E-state index contributed by atoms with van der Waals surface area (Å²) >= 11 is 0. The lowest BCUT2D eigenvalue weighted by Gasteiger charge is -2.14. The lowest BCUT2D eigenvalue weighted by atomic mass is 10.2. The van der Waals surface area contributed by atoms with Gasteiger partial charge in [0.25, 0.3) is 5.69 Å². The fourth-order valence-corrected chi connectivity index (χ4v) is 1.96. The van der Waals surface area contributed by atoms with Crippen LogP contribution in [0.3, 0.4) is 0 Å². The average molecular weight is 288 g/mol. The number of nitro groups is 1. The molecule has 0 radical (unpaired) electrons. The zero-order valence-electron chi connectivity index (χ0n) is 11.6. The van der Waals surface area contributed by atoms with E-state index in [1.165, 1.54) is 12.1 Å². The number of ether oxygens (including phenoxy) is 2. The average Bonchev–Trinajstić information content (AvgIpc) is 2.52. The fraction of sp³-hybridized carbons (Fsp3) is 0.200. The molecule has 21 heavy (non-hydrogen) atoms. The monoisotopic (exact) mass is 288 g/mol. The second kappa shape index (κ2) is 6.71. The number of nitro benzene ring substituents is 1. The van der Waals surface area contributed by atoms with Gasteiger partial charge in [0, 0.05) is 24.2 Å². The summed E-state index contributed by atoms with van der Waals surface area (Å²) in [4.78, 5) is 10.3. The molecule has 110 valence electrons. The standard InChI is InChI=1S/C15H16N2O4/c1-20-14-7-3-5-12(9-16)15(14)21-10-11-4-2-6-13(8-11)17(18)19/h2-8H,9-10,16H2,1H3. The first-order valence-corrected chi connectivity index (χ1v) is 6.37. The Morgan fingerprint density at radius 3 is 2.67 bits per heavy atom. The number of non-ortho nitro benzene ring substituents is 1. The molecule has 0 heterocycles. The van der Waals surface area contributed by atoms with Gasteiger partial charge in [-0.25, -0.2) is 0 Å². The number of hydrogen-bond donors (Lipinski definition) is 1. The van der Waals surface area contributed by atoms with Crippen molar-refractivity contribution in [1.29, 1.82) is 0 Å². The molecule has 2 aromatic rings. The van der Waals surface area contributed by atoms with Crippen LogP contribution >= 0.6 is 0 Å². The van der Waals surface area contributed by atoms with Crippen molar-refractivity contribution in [3.63, 3.8) is 0 Å². The summed E-state index contributed by atoms with van der Waals surface area (Å²) in [5.41, 5.74) is 7.25. The van der Waals surface area contributed by atoms with E-state index in [0.717, 1.165) is 5.56 Å². The van der Waals surface area contributed by atoms with Crippen LogP contribution in [0, 0.1) is 10.1 Å². The number of para-hydroxylation sites is 1. The van der Waals surface area contributed by atoms with Gasteiger partial charge in [-0.15, -0.1) is 0 Å². The molecule has 0 spiro atoms. The van der Waals surface area contributed by atoms with Crippen LogP contribution in [0.15, 0.2) is 42.5 Å². The van der Waals surface area contributed by atoms with Gasteiger partial charge in [0.15, 0.2) is 11.5 Å². The Morgan fingerprint density at radius 2 is 2.00 bits per heavy atom. The van der Waals surface area contributed by atoms with Crippen molar-refractivity contribution in [3.05, 3.63) is 63.7 Å². The number of hydrogen-bond acceptors (Lipinski definition) is 5. The van der Waals surface area contributed by atoms with E-state index in [9.17, 15) is 10.1 Å². The third-order valence-corrected chi connectivity index (χ3v) is 3.00. The minimum atomic E-state index is -0.433. The minimum absolute atomic E-state index is 0.0372. The summed E-state index contributed by atoms with van der Waals surface area (Å²) in [6.07, 6.45) is 0. The molecule has 0 saturated carbocycles. The highest BCUT2D eigenvalue weighted by molar-refractivity contribution is 5.46. The number of benzene rings is 2. The summed E-state index contributed by atoms with van der Waals surface area (Å²) in [5, 5.41) is 10.8. The highest BCUT2D eigenvalue weighted by Crippen LogP contribution is 2.31. The molecule has 0 saturated heterocycles. The predicted molar refractivity (Wildman–Crippen MR) is 78.3 cm³/mol. The van der Waals surface area contributed by atoms with Crippen molar-refractivity contribution >= 4 is 5.69 Å². The van der Waals surface area contributed by atoms with E-state index in [1.807, 2.05) is 12.1 Å². The largest absolute Gasteiger partial charge is 0.493 e. The molecular formula is C15H16N2O4. The highest BCUT2D eigenvalue weighted by Gasteiger charge is 2.11. The van der Waals surface area contributed by atoms with Gasteiger partial charge in [0.1, 0.15) is 6.61 Å². The summed E-state index contributed by atoms with van der Waals surface area (Å²) in [5.74, 6) is 1.15. The van der Waals surface area contributed by atoms with E-state index in [1.54, 1.807) is 25.3 Å². The van der Waals surface area contributed by atoms with Gasteiger partial charge in [-0.3, -0.25) is 10.1 Å². The lowest BCUT2D eigenvalue weighted by Crippen LogP contribution is -2.04. The van der Waals surface area contributed by atoms with Crippen molar-refractivity contribution in [3.8, 4) is 11.5 Å². The van der Waals surface area contributed by atoms with Crippen LogP contribution in [-0.4, -0.2) is 12.0 Å². The van der Waals surface area contributed by atoms with Crippen molar-refractivity contribution < 1.29 is 14.4 Å². The van der Waals surface area contributed by atoms with Crippen molar-refractivity contribution in [2.75, 3.05) is 7.11 Å². The summed E-state index contributed by atoms with van der Waals surface area (Å²) in [6.45, 7) is 0.524. The Bertz CT molecular complexity index is 621. The maximum atomic E-state index is 10.8. The topological polar surface area (TPSA) is 87.6 Å². The Hall–Kier alpha value is -2.60. The first kappa shape index (κ1) is 14.8. The molecule has 0 fully saturated rings. The van der Waals surface area contributed by atoms with Gasteiger partial charge in [0.05, 0.1) is 12.0 Å². The second-order valence-electron chi connectivity index (χ2n) is 4.37. The van der Waals surface area contributed by atoms with Crippen LogP contribution in [0.5, 0.6) is 11.5 Å². The van der Waals surface area contributed by atoms with Gasteiger partial charge < -0.3 is 15.2 Å². The van der Waals surface area contributed by atoms with E-state index in [4.69, 9.17) is 15.2 Å². The SMILES string of the molecule is COc1cccc(CN)c1OCc1cccc([N+](=O)[O-])c1. The molecule has 0 bridgehead atoms. The van der Waals surface area contributed by atoms with Crippen LogP contribution in [0.4, 0.5) is 5.69 Å². The second-order valence-corrected chi connectivity index (χ2v) is 4.37. The van der Waals surface area contributed by atoms with Crippen molar-refractivity contribution in [2.24, 2.45) is 5.73 Å². The molecule has 2 aromatic carbocycles. The zero-order chi connectivity index (χ0) is 15.2. The molecule has 0 atom stereocenters. The summed E-state index contributed by atoms with van der Waals surface area (Å²) in [6, 6.07) is 11.8. The molecular weight excluding hydrogens is 272 g/mol. The molecule has 2 N–H and O–H groups in total. The first-order chi connectivity index (χ1) is 10.2. The van der Waals surface area contributed by atoms with E-state index in [-0.39, 0.29) is 12.3 Å². The maximum Gasteiger partial charge on any atom is 0.269 e. The van der Waals surface area contributed by atoms with Gasteiger partial charge in [-0.1, -0.05) is 24.3 Å². The molecule has 6 heteroatoms. The summed E-state index contributed by atoms with van der Waals surface area (Å²) < 4.78 is 11.0. The number of methoxy groups -OCH3 is 1. The predicted octanol–water partition coefficient (Wildman–Crippen LogP) is 2.64. The molecule has 0 amide bonds. The van der Waals surface area contributed by atoms with Gasteiger partial charge in [-0.2, -0.15) is 0 Å². The molecule has 0 aromatic heterocycles. The normalized spacial score (nSPS) is 10.2. The highest BCUT2D eigenvalue weighted by atomic mass is 16.6. The van der Waals surface area contributed by atoms with Crippen LogP contribution in [-0.2, 0) is 13.2 Å². The minimum Gasteiger partial charge on any atom is -0.493 e. The van der Waals surface area contributed by atoms with Crippen molar-refractivity contribution in [1.82, 2.24) is 0 Å². The smallest absolute Gasteiger partial charge is 0.269 e. The maximum absolute atomic E-state index is 10.8. The number of nitrogens with zero attached hydrogens (tertiary/aromatic N) is 1.